The summed E-state index contributed by atoms with van der Waals surface area (Å²) in [7, 11) is 0. The van der Waals surface area contributed by atoms with Crippen LogP contribution in [0, 0.1) is 6.92 Å². The maximum Gasteiger partial charge on any atom is 0.335 e. The lowest BCUT2D eigenvalue weighted by Gasteiger charge is -2.04. The van der Waals surface area contributed by atoms with Crippen molar-refractivity contribution >= 4 is 17.9 Å². The molecule has 0 heterocycles. The van der Waals surface area contributed by atoms with E-state index < -0.39 is 5.97 Å². The van der Waals surface area contributed by atoms with Gasteiger partial charge in [0.2, 0.25) is 0 Å². The van der Waals surface area contributed by atoms with E-state index in [2.05, 4.69) is 13.8 Å². The van der Waals surface area contributed by atoms with Crippen molar-refractivity contribution in [3.8, 4) is 0 Å². The molecule has 0 aliphatic heterocycles. The van der Waals surface area contributed by atoms with Gasteiger partial charge in [0.1, 0.15) is 6.61 Å². The van der Waals surface area contributed by atoms with E-state index in [0.717, 1.165) is 30.4 Å². The van der Waals surface area contributed by atoms with E-state index in [1.54, 1.807) is 25.1 Å². The molecule has 0 spiro atoms. The molecule has 0 radical (unpaired) electrons. The SMILES string of the molecule is CC(=O)OCc1ccccc1.CCCCCCCCCCCCCCCCCC(=O)OCCCC.Cc1ccccc1C(=O)O. The first-order valence-electron chi connectivity index (χ1n) is 17.4. The highest BCUT2D eigenvalue weighted by molar-refractivity contribution is 5.89. The third-order valence-electron chi connectivity index (χ3n) is 7.41. The summed E-state index contributed by atoms with van der Waals surface area (Å²) in [4.78, 5) is 32.2. The van der Waals surface area contributed by atoms with E-state index in [9.17, 15) is 14.4 Å². The number of unbranched alkanes of at least 4 members (excludes halogenated alkanes) is 15. The molecule has 0 fully saturated rings. The zero-order valence-corrected chi connectivity index (χ0v) is 28.8. The molecule has 2 aromatic carbocycles. The average molecular weight is 627 g/mol. The van der Waals surface area contributed by atoms with Crippen LogP contribution >= 0.6 is 0 Å². The highest BCUT2D eigenvalue weighted by Crippen LogP contribution is 2.14. The van der Waals surface area contributed by atoms with Gasteiger partial charge in [-0.05, 0) is 37.0 Å². The van der Waals surface area contributed by atoms with Crippen molar-refractivity contribution in [2.75, 3.05) is 6.61 Å². The Labute approximate surface area is 274 Å². The summed E-state index contributed by atoms with van der Waals surface area (Å²) < 4.78 is 9.95. The third kappa shape index (κ3) is 28.1. The summed E-state index contributed by atoms with van der Waals surface area (Å²) in [6.45, 7) is 8.56. The lowest BCUT2D eigenvalue weighted by Crippen LogP contribution is -2.05. The Hall–Kier alpha value is -3.15. The van der Waals surface area contributed by atoms with Crippen LogP contribution in [-0.2, 0) is 25.7 Å². The van der Waals surface area contributed by atoms with E-state index in [1.807, 2.05) is 36.4 Å². The van der Waals surface area contributed by atoms with Gasteiger partial charge in [0, 0.05) is 13.3 Å². The zero-order chi connectivity index (χ0) is 33.4. The van der Waals surface area contributed by atoms with Crippen molar-refractivity contribution < 1.29 is 29.0 Å². The minimum absolute atomic E-state index is 0.00172. The molecule has 1 N–H and O–H groups in total. The van der Waals surface area contributed by atoms with Crippen molar-refractivity contribution in [1.82, 2.24) is 0 Å². The summed E-state index contributed by atoms with van der Waals surface area (Å²) in [5.41, 5.74) is 2.19. The maximum absolute atomic E-state index is 11.4. The van der Waals surface area contributed by atoms with E-state index >= 15 is 0 Å². The van der Waals surface area contributed by atoms with Crippen LogP contribution in [0.5, 0.6) is 0 Å². The second-order valence-corrected chi connectivity index (χ2v) is 11.7. The largest absolute Gasteiger partial charge is 0.478 e. The zero-order valence-electron chi connectivity index (χ0n) is 28.8. The standard InChI is InChI=1S/C22H44O2.C9H10O2.C8H8O2/c1-3-5-7-8-9-10-11-12-13-14-15-16-17-18-19-20-22(23)24-21-6-4-2;1-8(10)11-7-9-5-3-2-4-6-9;1-6-4-2-3-5-7(6)8(9)10/h3-21H2,1-2H3;2-6H,7H2,1H3;2-5H,1H3,(H,9,10). The first kappa shape index (κ1) is 41.9. The molecule has 0 amide bonds. The topological polar surface area (TPSA) is 89.9 Å². The number of esters is 2. The molecule has 254 valence electrons. The van der Waals surface area contributed by atoms with Gasteiger partial charge in [0.25, 0.3) is 0 Å². The number of carboxylic acid groups (broad SMARTS) is 1. The Kier molecular flexibility index (Phi) is 28.7. The molecule has 0 aliphatic carbocycles. The minimum atomic E-state index is -0.863. The van der Waals surface area contributed by atoms with Gasteiger partial charge < -0.3 is 14.6 Å². The average Bonchev–Trinajstić information content (AvgIpc) is 3.03. The van der Waals surface area contributed by atoms with Gasteiger partial charge in [-0.15, -0.1) is 0 Å². The quantitative estimate of drug-likeness (QED) is 0.103. The molecule has 0 saturated heterocycles. The Morgan fingerprint density at radius 3 is 1.51 bits per heavy atom. The van der Waals surface area contributed by atoms with Crippen molar-refractivity contribution in [3.05, 3.63) is 71.3 Å². The summed E-state index contributed by atoms with van der Waals surface area (Å²) in [5.74, 6) is -1.11. The molecule has 6 heteroatoms. The number of hydrogen-bond donors (Lipinski definition) is 1. The fourth-order valence-corrected chi connectivity index (χ4v) is 4.62. The summed E-state index contributed by atoms with van der Waals surface area (Å²) in [6.07, 6.45) is 23.1. The number of aryl methyl sites for hydroxylation is 1. The smallest absolute Gasteiger partial charge is 0.335 e. The Bertz CT molecular complexity index is 988. The Balaban J connectivity index is 0.000000750. The molecule has 0 atom stereocenters. The number of carboxylic acids is 1. The minimum Gasteiger partial charge on any atom is -0.478 e. The molecule has 0 bridgehead atoms. The van der Waals surface area contributed by atoms with Crippen molar-refractivity contribution in [2.45, 2.75) is 150 Å². The number of aromatic carboxylic acids is 1. The van der Waals surface area contributed by atoms with Gasteiger partial charge in [-0.1, -0.05) is 159 Å². The van der Waals surface area contributed by atoms with Gasteiger partial charge in [-0.25, -0.2) is 4.79 Å². The molecule has 0 aromatic heterocycles. The number of carbonyl (C=O) groups is 3. The van der Waals surface area contributed by atoms with Crippen LogP contribution in [0.3, 0.4) is 0 Å². The highest BCUT2D eigenvalue weighted by Gasteiger charge is 2.03. The predicted octanol–water partition coefficient (Wildman–Crippen LogP) is 11.0. The Morgan fingerprint density at radius 2 is 1.07 bits per heavy atom. The van der Waals surface area contributed by atoms with Crippen LogP contribution in [0.1, 0.15) is 158 Å². The van der Waals surface area contributed by atoms with Crippen LogP contribution in [0.15, 0.2) is 54.6 Å². The normalized spacial score (nSPS) is 10.1. The van der Waals surface area contributed by atoms with Crippen LogP contribution in [0.2, 0.25) is 0 Å². The first-order chi connectivity index (χ1) is 21.8. The number of rotatable bonds is 22. The third-order valence-corrected chi connectivity index (χ3v) is 7.41. The summed E-state index contributed by atoms with van der Waals surface area (Å²) >= 11 is 0. The monoisotopic (exact) mass is 626 g/mol. The molecule has 45 heavy (non-hydrogen) atoms. The van der Waals surface area contributed by atoms with Crippen LogP contribution in [0.4, 0.5) is 0 Å². The summed E-state index contributed by atoms with van der Waals surface area (Å²) in [5, 5.41) is 8.57. The van der Waals surface area contributed by atoms with Crippen LogP contribution in [0.25, 0.3) is 0 Å². The molecule has 0 unspecified atom stereocenters. The van der Waals surface area contributed by atoms with Crippen molar-refractivity contribution in [1.29, 1.82) is 0 Å². The second-order valence-electron chi connectivity index (χ2n) is 11.7. The van der Waals surface area contributed by atoms with Gasteiger partial charge in [0.15, 0.2) is 0 Å². The number of benzene rings is 2. The van der Waals surface area contributed by atoms with Crippen molar-refractivity contribution in [2.24, 2.45) is 0 Å². The van der Waals surface area contributed by atoms with E-state index in [-0.39, 0.29) is 11.9 Å². The fraction of sp³-hybridized carbons (Fsp3) is 0.615. The highest BCUT2D eigenvalue weighted by atomic mass is 16.5. The molecular formula is C39H62O6. The Morgan fingerprint density at radius 1 is 0.600 bits per heavy atom. The number of ether oxygens (including phenoxy) is 2. The molecule has 0 aliphatic rings. The molecule has 0 saturated carbocycles. The maximum atomic E-state index is 11.4. The van der Waals surface area contributed by atoms with Crippen molar-refractivity contribution in [3.63, 3.8) is 0 Å². The van der Waals surface area contributed by atoms with Crippen LogP contribution in [-0.4, -0.2) is 29.6 Å². The molecular weight excluding hydrogens is 564 g/mol. The fourth-order valence-electron chi connectivity index (χ4n) is 4.62. The second kappa shape index (κ2) is 30.9. The van der Waals surface area contributed by atoms with Gasteiger partial charge in [-0.3, -0.25) is 9.59 Å². The van der Waals surface area contributed by atoms with E-state index in [0.29, 0.717) is 25.2 Å². The summed E-state index contributed by atoms with van der Waals surface area (Å²) in [6, 6.07) is 16.5. The van der Waals surface area contributed by atoms with E-state index in [1.165, 1.54) is 96.8 Å². The lowest BCUT2D eigenvalue weighted by molar-refractivity contribution is -0.144. The molecule has 2 rings (SSSR count). The van der Waals surface area contributed by atoms with E-state index in [4.69, 9.17) is 14.6 Å². The van der Waals surface area contributed by atoms with Crippen LogP contribution < -0.4 is 0 Å². The predicted molar refractivity (Wildman–Crippen MR) is 185 cm³/mol. The molecule has 2 aromatic rings. The van der Waals surface area contributed by atoms with Gasteiger partial charge in [-0.2, -0.15) is 0 Å². The number of carbonyl (C=O) groups excluding carboxylic acids is 2. The van der Waals surface area contributed by atoms with Gasteiger partial charge in [0.05, 0.1) is 12.2 Å². The first-order valence-corrected chi connectivity index (χ1v) is 17.4. The molecule has 6 nitrogen and oxygen atoms in total. The lowest BCUT2D eigenvalue weighted by atomic mass is 10.0. The number of hydrogen-bond acceptors (Lipinski definition) is 5. The van der Waals surface area contributed by atoms with Gasteiger partial charge >= 0.3 is 17.9 Å².